The van der Waals surface area contributed by atoms with E-state index < -0.39 is 0 Å². The summed E-state index contributed by atoms with van der Waals surface area (Å²) in [5.74, 6) is 0.634. The second-order valence-electron chi connectivity index (χ2n) is 4.25. The van der Waals surface area contributed by atoms with Crippen molar-refractivity contribution in [2.24, 2.45) is 5.92 Å². The minimum atomic E-state index is -0.0126. The molecule has 0 radical (unpaired) electrons. The van der Waals surface area contributed by atoms with E-state index in [9.17, 15) is 0 Å². The zero-order valence-corrected chi connectivity index (χ0v) is 8.99. The second-order valence-corrected chi connectivity index (χ2v) is 4.25. The molecular weight excluding hydrogens is 172 g/mol. The van der Waals surface area contributed by atoms with Gasteiger partial charge in [0.25, 0.3) is 0 Å². The maximum absolute atomic E-state index is 5.80. The molecule has 1 aromatic carbocycles. The van der Waals surface area contributed by atoms with Gasteiger partial charge in [0.1, 0.15) is 0 Å². The lowest BCUT2D eigenvalue weighted by Gasteiger charge is -2.33. The predicted octanol–water partition coefficient (Wildman–Crippen LogP) is 3.35. The van der Waals surface area contributed by atoms with Crippen LogP contribution in [0.2, 0.25) is 0 Å². The summed E-state index contributed by atoms with van der Waals surface area (Å²) >= 11 is 0. The first kappa shape index (κ1) is 9.72. The molecular formula is C13H18O. The molecule has 1 heteroatoms. The maximum Gasteiger partial charge on any atom is 0.0952 e. The zero-order valence-electron chi connectivity index (χ0n) is 8.99. The summed E-state index contributed by atoms with van der Waals surface area (Å²) in [5.41, 5.74) is 1.33. The fourth-order valence-electron chi connectivity index (χ4n) is 2.72. The first-order valence-electron chi connectivity index (χ1n) is 5.40. The average molecular weight is 190 g/mol. The van der Waals surface area contributed by atoms with Crippen LogP contribution in [0.15, 0.2) is 30.3 Å². The van der Waals surface area contributed by atoms with Gasteiger partial charge in [0, 0.05) is 7.11 Å². The first-order chi connectivity index (χ1) is 6.79. The highest BCUT2D eigenvalue weighted by molar-refractivity contribution is 5.24. The lowest BCUT2D eigenvalue weighted by Crippen LogP contribution is -2.31. The summed E-state index contributed by atoms with van der Waals surface area (Å²) in [6, 6.07) is 10.6. The standard InChI is InChI=1S/C13H18O/c1-11-7-6-10-13(11,14-2)12-8-4-3-5-9-12/h3-5,8-9,11H,6-7,10H2,1-2H3/t11-,13+/m0/s1. The Balaban J connectivity index is 2.38. The third-order valence-corrected chi connectivity index (χ3v) is 3.61. The van der Waals surface area contributed by atoms with Crippen molar-refractivity contribution in [3.05, 3.63) is 35.9 Å². The fourth-order valence-corrected chi connectivity index (χ4v) is 2.72. The van der Waals surface area contributed by atoms with Crippen molar-refractivity contribution in [1.82, 2.24) is 0 Å². The van der Waals surface area contributed by atoms with E-state index in [0.29, 0.717) is 5.92 Å². The molecule has 1 nitrogen and oxygen atoms in total. The highest BCUT2D eigenvalue weighted by Crippen LogP contribution is 2.45. The molecule has 14 heavy (non-hydrogen) atoms. The van der Waals surface area contributed by atoms with Gasteiger partial charge in [0.05, 0.1) is 5.60 Å². The lowest BCUT2D eigenvalue weighted by molar-refractivity contribution is -0.0415. The van der Waals surface area contributed by atoms with Gasteiger partial charge in [-0.1, -0.05) is 37.3 Å². The van der Waals surface area contributed by atoms with Gasteiger partial charge in [-0.3, -0.25) is 0 Å². The number of methoxy groups -OCH3 is 1. The van der Waals surface area contributed by atoms with Crippen molar-refractivity contribution in [2.45, 2.75) is 31.8 Å². The van der Waals surface area contributed by atoms with Crippen molar-refractivity contribution < 1.29 is 4.74 Å². The molecule has 0 spiro atoms. The highest BCUT2D eigenvalue weighted by atomic mass is 16.5. The van der Waals surface area contributed by atoms with Crippen molar-refractivity contribution in [3.8, 4) is 0 Å². The van der Waals surface area contributed by atoms with E-state index >= 15 is 0 Å². The van der Waals surface area contributed by atoms with Crippen molar-refractivity contribution in [2.75, 3.05) is 7.11 Å². The van der Waals surface area contributed by atoms with E-state index in [0.717, 1.165) is 6.42 Å². The van der Waals surface area contributed by atoms with E-state index in [1.54, 1.807) is 0 Å². The summed E-state index contributed by atoms with van der Waals surface area (Å²) in [6.07, 6.45) is 3.72. The molecule has 0 aromatic heterocycles. The van der Waals surface area contributed by atoms with Crippen LogP contribution < -0.4 is 0 Å². The van der Waals surface area contributed by atoms with Crippen LogP contribution in [0.3, 0.4) is 0 Å². The minimum absolute atomic E-state index is 0.0126. The molecule has 76 valence electrons. The SMILES string of the molecule is CO[C@]1(c2ccccc2)CCC[C@@H]1C. The minimum Gasteiger partial charge on any atom is -0.373 e. The number of hydrogen-bond donors (Lipinski definition) is 0. The van der Waals surface area contributed by atoms with Gasteiger partial charge in [-0.2, -0.15) is 0 Å². The van der Waals surface area contributed by atoms with Gasteiger partial charge in [-0.05, 0) is 30.7 Å². The van der Waals surface area contributed by atoms with Gasteiger partial charge in [0.15, 0.2) is 0 Å². The lowest BCUT2D eigenvalue weighted by atomic mass is 9.85. The smallest absolute Gasteiger partial charge is 0.0952 e. The van der Waals surface area contributed by atoms with Gasteiger partial charge in [0.2, 0.25) is 0 Å². The third-order valence-electron chi connectivity index (χ3n) is 3.61. The van der Waals surface area contributed by atoms with Crippen LogP contribution in [-0.4, -0.2) is 7.11 Å². The van der Waals surface area contributed by atoms with Crippen molar-refractivity contribution >= 4 is 0 Å². The Morgan fingerprint density at radius 1 is 1.29 bits per heavy atom. The van der Waals surface area contributed by atoms with E-state index in [4.69, 9.17) is 4.74 Å². The molecule has 1 fully saturated rings. The summed E-state index contributed by atoms with van der Waals surface area (Å²) in [4.78, 5) is 0. The van der Waals surface area contributed by atoms with Gasteiger partial charge < -0.3 is 4.74 Å². The Hall–Kier alpha value is -0.820. The molecule has 2 rings (SSSR count). The number of benzene rings is 1. The summed E-state index contributed by atoms with van der Waals surface area (Å²) in [7, 11) is 1.84. The summed E-state index contributed by atoms with van der Waals surface area (Å²) < 4.78 is 5.80. The quantitative estimate of drug-likeness (QED) is 0.695. The molecule has 0 N–H and O–H groups in total. The Morgan fingerprint density at radius 2 is 2.00 bits per heavy atom. The van der Waals surface area contributed by atoms with Gasteiger partial charge in [-0.15, -0.1) is 0 Å². The molecule has 0 amide bonds. The van der Waals surface area contributed by atoms with Crippen LogP contribution in [0.5, 0.6) is 0 Å². The van der Waals surface area contributed by atoms with Crippen LogP contribution in [0.25, 0.3) is 0 Å². The fraction of sp³-hybridized carbons (Fsp3) is 0.538. The Morgan fingerprint density at radius 3 is 2.50 bits per heavy atom. The van der Waals surface area contributed by atoms with E-state index in [1.165, 1.54) is 18.4 Å². The Labute approximate surface area is 86.1 Å². The van der Waals surface area contributed by atoms with Gasteiger partial charge >= 0.3 is 0 Å². The molecule has 1 saturated carbocycles. The number of rotatable bonds is 2. The van der Waals surface area contributed by atoms with Crippen LogP contribution in [0.1, 0.15) is 31.7 Å². The van der Waals surface area contributed by atoms with Crippen LogP contribution in [0, 0.1) is 5.92 Å². The molecule has 2 atom stereocenters. The molecule has 1 aliphatic carbocycles. The molecule has 1 aliphatic rings. The summed E-state index contributed by atoms with van der Waals surface area (Å²) in [6.45, 7) is 2.30. The van der Waals surface area contributed by atoms with Crippen LogP contribution >= 0.6 is 0 Å². The maximum atomic E-state index is 5.80. The highest BCUT2D eigenvalue weighted by Gasteiger charge is 2.41. The normalized spacial score (nSPS) is 32.0. The zero-order chi connectivity index (χ0) is 10.0. The van der Waals surface area contributed by atoms with Crippen molar-refractivity contribution in [1.29, 1.82) is 0 Å². The van der Waals surface area contributed by atoms with E-state index in [-0.39, 0.29) is 5.60 Å². The average Bonchev–Trinajstić information content (AvgIpc) is 2.62. The first-order valence-corrected chi connectivity index (χ1v) is 5.40. The molecule has 0 bridgehead atoms. The van der Waals surface area contributed by atoms with E-state index in [2.05, 4.69) is 37.3 Å². The molecule has 0 aliphatic heterocycles. The Bertz CT molecular complexity index is 293. The van der Waals surface area contributed by atoms with Crippen molar-refractivity contribution in [3.63, 3.8) is 0 Å². The molecule has 0 saturated heterocycles. The Kier molecular flexibility index (Phi) is 2.60. The number of hydrogen-bond acceptors (Lipinski definition) is 1. The topological polar surface area (TPSA) is 9.23 Å². The number of ether oxygens (including phenoxy) is 1. The largest absolute Gasteiger partial charge is 0.373 e. The second kappa shape index (κ2) is 3.74. The van der Waals surface area contributed by atoms with Crippen LogP contribution in [0.4, 0.5) is 0 Å². The molecule has 0 unspecified atom stereocenters. The molecule has 1 aromatic rings. The molecule has 0 heterocycles. The van der Waals surface area contributed by atoms with E-state index in [1.807, 2.05) is 7.11 Å². The monoisotopic (exact) mass is 190 g/mol. The van der Waals surface area contributed by atoms with Crippen LogP contribution in [-0.2, 0) is 10.3 Å². The predicted molar refractivity (Wildman–Crippen MR) is 58.1 cm³/mol. The van der Waals surface area contributed by atoms with Gasteiger partial charge in [-0.25, -0.2) is 0 Å². The third kappa shape index (κ3) is 1.36. The summed E-state index contributed by atoms with van der Waals surface area (Å²) in [5, 5.41) is 0.